The maximum atomic E-state index is 14.2. The molecule has 4 rings (SSSR count). The minimum atomic E-state index is -1.08. The number of ether oxygens (including phenoxy) is 3. The molecule has 2 atom stereocenters. The van der Waals surface area contributed by atoms with E-state index >= 15 is 0 Å². The van der Waals surface area contributed by atoms with Crippen LogP contribution in [0.1, 0.15) is 41.8 Å². The number of halogens is 1. The molecule has 3 aromatic rings. The highest BCUT2D eigenvalue weighted by molar-refractivity contribution is 7.09. The van der Waals surface area contributed by atoms with Gasteiger partial charge in [-0.3, -0.25) is 4.79 Å². The number of aliphatic hydroxyl groups excluding tert-OH is 1. The predicted octanol–water partition coefficient (Wildman–Crippen LogP) is 4.99. The summed E-state index contributed by atoms with van der Waals surface area (Å²) in [5.74, 6) is -0.406. The maximum absolute atomic E-state index is 14.2. The van der Waals surface area contributed by atoms with Gasteiger partial charge in [0.1, 0.15) is 12.2 Å². The summed E-state index contributed by atoms with van der Waals surface area (Å²) in [7, 11) is 3.08. The molecule has 0 fully saturated rings. The van der Waals surface area contributed by atoms with Gasteiger partial charge in [0.2, 0.25) is 0 Å². The number of thiazole rings is 1. The topological polar surface area (TPSA) is 118 Å². The Bertz CT molecular complexity index is 1420. The van der Waals surface area contributed by atoms with E-state index < -0.39 is 23.6 Å². The van der Waals surface area contributed by atoms with Crippen molar-refractivity contribution in [3.05, 3.63) is 74.7 Å². The summed E-state index contributed by atoms with van der Waals surface area (Å²) < 4.78 is 17.9. The second-order valence-corrected chi connectivity index (χ2v) is 11.5. The minimum absolute atomic E-state index is 0.135. The third-order valence-electron chi connectivity index (χ3n) is 6.46. The van der Waals surface area contributed by atoms with Crippen LogP contribution in [-0.4, -0.2) is 60.5 Å². The summed E-state index contributed by atoms with van der Waals surface area (Å²) in [5, 5.41) is 21.8. The van der Waals surface area contributed by atoms with E-state index in [-0.39, 0.29) is 25.5 Å². The second kappa shape index (κ2) is 12.4. The average molecular weight is 587 g/mol. The maximum Gasteiger partial charge on any atom is 0.328 e. The van der Waals surface area contributed by atoms with Gasteiger partial charge in [-0.05, 0) is 30.3 Å². The lowest BCUT2D eigenvalue weighted by Gasteiger charge is -2.32. The predicted molar refractivity (Wildman–Crippen MR) is 153 cm³/mol. The zero-order valence-electron chi connectivity index (χ0n) is 22.6. The number of hydrogen-bond acceptors (Lipinski definition) is 8. The molecule has 9 nitrogen and oxygen atoms in total. The van der Waals surface area contributed by atoms with Crippen LogP contribution in [0.25, 0.3) is 6.08 Å². The van der Waals surface area contributed by atoms with Gasteiger partial charge in [0.15, 0.2) is 11.5 Å². The van der Waals surface area contributed by atoms with E-state index in [4.69, 9.17) is 30.9 Å². The first-order chi connectivity index (χ1) is 19.1. The van der Waals surface area contributed by atoms with Crippen molar-refractivity contribution in [1.29, 1.82) is 0 Å². The molecule has 1 aromatic heterocycles. The number of amides is 1. The fourth-order valence-electron chi connectivity index (χ4n) is 4.52. The number of hydrogen-bond donors (Lipinski definition) is 2. The number of aliphatic hydroxyl groups is 1. The molecule has 0 saturated heterocycles. The van der Waals surface area contributed by atoms with Crippen molar-refractivity contribution in [2.75, 3.05) is 32.3 Å². The molecule has 0 bridgehead atoms. The number of para-hydroxylation sites is 1. The molecule has 2 N–H and O–H groups in total. The van der Waals surface area contributed by atoms with Crippen molar-refractivity contribution < 1.29 is 34.0 Å². The number of rotatable bonds is 10. The number of aliphatic carboxylic acids is 1. The van der Waals surface area contributed by atoms with Gasteiger partial charge in [-0.1, -0.05) is 37.6 Å². The van der Waals surface area contributed by atoms with Gasteiger partial charge in [0.25, 0.3) is 5.91 Å². The van der Waals surface area contributed by atoms with E-state index in [0.717, 1.165) is 6.08 Å². The van der Waals surface area contributed by atoms with Crippen molar-refractivity contribution >= 4 is 46.6 Å². The van der Waals surface area contributed by atoms with Gasteiger partial charge >= 0.3 is 5.97 Å². The van der Waals surface area contributed by atoms with Crippen molar-refractivity contribution in [2.24, 2.45) is 5.41 Å². The summed E-state index contributed by atoms with van der Waals surface area (Å²) in [6.45, 7) is 3.84. The highest BCUT2D eigenvalue weighted by Gasteiger charge is 2.40. The molecular weight excluding hydrogens is 556 g/mol. The van der Waals surface area contributed by atoms with Crippen molar-refractivity contribution in [3.63, 3.8) is 0 Å². The van der Waals surface area contributed by atoms with Crippen LogP contribution >= 0.6 is 22.9 Å². The molecule has 0 aliphatic carbocycles. The van der Waals surface area contributed by atoms with Crippen molar-refractivity contribution in [2.45, 2.75) is 32.5 Å². The number of carbonyl (C=O) groups is 2. The van der Waals surface area contributed by atoms with Crippen LogP contribution in [0, 0.1) is 5.41 Å². The lowest BCUT2D eigenvalue weighted by Crippen LogP contribution is -2.45. The Balaban J connectivity index is 1.86. The molecule has 212 valence electrons. The van der Waals surface area contributed by atoms with Crippen LogP contribution in [0.4, 0.5) is 5.69 Å². The van der Waals surface area contributed by atoms with E-state index in [1.54, 1.807) is 41.7 Å². The summed E-state index contributed by atoms with van der Waals surface area (Å²) >= 11 is 7.78. The van der Waals surface area contributed by atoms with Gasteiger partial charge < -0.3 is 29.3 Å². The zero-order valence-corrected chi connectivity index (χ0v) is 24.2. The van der Waals surface area contributed by atoms with Gasteiger partial charge in [-0.15, -0.1) is 11.3 Å². The Morgan fingerprint density at radius 2 is 2.00 bits per heavy atom. The quantitative estimate of drug-likeness (QED) is 0.319. The number of carboxylic acid groups (broad SMARTS) is 1. The third kappa shape index (κ3) is 6.47. The van der Waals surface area contributed by atoms with Gasteiger partial charge in [0.05, 0.1) is 24.9 Å². The summed E-state index contributed by atoms with van der Waals surface area (Å²) in [4.78, 5) is 31.2. The van der Waals surface area contributed by atoms with Crippen molar-refractivity contribution in [1.82, 2.24) is 4.98 Å². The average Bonchev–Trinajstić information content (AvgIpc) is 3.35. The normalized spacial score (nSPS) is 17.6. The monoisotopic (exact) mass is 586 g/mol. The molecule has 1 amide bonds. The number of methoxy groups -OCH3 is 2. The first kappa shape index (κ1) is 29.5. The lowest BCUT2D eigenvalue weighted by molar-refractivity contribution is -0.132. The summed E-state index contributed by atoms with van der Waals surface area (Å²) in [5.41, 5.74) is 1.78. The molecule has 0 spiro atoms. The standard InChI is InChI=1S/C29H31ClN2O7S/c1-29(2,16-33)15-32-21-10-8-17(30)12-20(21)26(19-6-5-7-22(37-3)27(19)38-4)39-23(28(32)36)13-24-31-18(14-40-24)9-11-25(34)35/h5-12,14,23,26,33H,13,15-16H2,1-4H3,(H,34,35)/b11-9+/t23-,26-/m1/s1. The Morgan fingerprint density at radius 1 is 1.23 bits per heavy atom. The van der Waals surface area contributed by atoms with Crippen LogP contribution < -0.4 is 14.4 Å². The molecule has 40 heavy (non-hydrogen) atoms. The molecule has 0 unspecified atom stereocenters. The van der Waals surface area contributed by atoms with Gasteiger partial charge in [0, 0.05) is 58.3 Å². The molecule has 11 heteroatoms. The molecule has 0 saturated carbocycles. The summed E-state index contributed by atoms with van der Waals surface area (Å²) in [6, 6.07) is 10.7. The number of benzene rings is 2. The molecule has 1 aliphatic heterocycles. The number of fused-ring (bicyclic) bond motifs is 1. The highest BCUT2D eigenvalue weighted by atomic mass is 35.5. The molecular formula is C29H31ClN2O7S. The number of carboxylic acids is 1. The van der Waals surface area contributed by atoms with Crippen LogP contribution in [0.5, 0.6) is 11.5 Å². The van der Waals surface area contributed by atoms with E-state index in [1.165, 1.54) is 24.5 Å². The number of anilines is 1. The summed E-state index contributed by atoms with van der Waals surface area (Å²) in [6.07, 6.45) is 0.822. The van der Waals surface area contributed by atoms with Crippen LogP contribution in [0.3, 0.4) is 0 Å². The van der Waals surface area contributed by atoms with Gasteiger partial charge in [-0.25, -0.2) is 9.78 Å². The Labute approximate surface area is 241 Å². The van der Waals surface area contributed by atoms with E-state index in [9.17, 15) is 14.7 Å². The lowest BCUT2D eigenvalue weighted by atomic mass is 9.92. The fourth-order valence-corrected chi connectivity index (χ4v) is 5.49. The molecule has 2 aromatic carbocycles. The smallest absolute Gasteiger partial charge is 0.328 e. The zero-order chi connectivity index (χ0) is 29.0. The van der Waals surface area contributed by atoms with Crippen LogP contribution in [0.2, 0.25) is 5.02 Å². The van der Waals surface area contributed by atoms with E-state index in [2.05, 4.69) is 4.98 Å². The highest BCUT2D eigenvalue weighted by Crippen LogP contribution is 2.45. The third-order valence-corrected chi connectivity index (χ3v) is 7.59. The Kier molecular flexibility index (Phi) is 9.15. The number of nitrogens with zero attached hydrogens (tertiary/aromatic N) is 2. The van der Waals surface area contributed by atoms with Crippen LogP contribution in [0.15, 0.2) is 47.9 Å². The largest absolute Gasteiger partial charge is 0.493 e. The molecule has 0 radical (unpaired) electrons. The van der Waals surface area contributed by atoms with Gasteiger partial charge in [-0.2, -0.15) is 0 Å². The Hall–Kier alpha value is -3.44. The van der Waals surface area contributed by atoms with E-state index in [0.29, 0.717) is 44.0 Å². The molecule has 2 heterocycles. The van der Waals surface area contributed by atoms with E-state index in [1.807, 2.05) is 26.0 Å². The number of aromatic nitrogens is 1. The first-order valence-electron chi connectivity index (χ1n) is 12.5. The Morgan fingerprint density at radius 3 is 2.67 bits per heavy atom. The first-order valence-corrected chi connectivity index (χ1v) is 13.8. The SMILES string of the molecule is COc1cccc([C@H]2O[C@H](Cc3nc(/C=C/C(=O)O)cs3)C(=O)N(CC(C)(C)CO)c3ccc(Cl)cc32)c1OC. The van der Waals surface area contributed by atoms with Crippen LogP contribution in [-0.2, 0) is 20.7 Å². The minimum Gasteiger partial charge on any atom is -0.493 e. The fraction of sp³-hybridized carbons (Fsp3) is 0.345. The second-order valence-electron chi connectivity index (χ2n) is 10.1. The number of carbonyl (C=O) groups excluding carboxylic acids is 1. The van der Waals surface area contributed by atoms with Crippen molar-refractivity contribution in [3.8, 4) is 11.5 Å². The molecule has 1 aliphatic rings.